The van der Waals surface area contributed by atoms with Gasteiger partial charge in [0.15, 0.2) is 11.6 Å². The Morgan fingerprint density at radius 1 is 0.258 bits per heavy atom. The number of aromatic nitrogens is 4. The molecular weight excluding hydrogens is 761 g/mol. The van der Waals surface area contributed by atoms with Gasteiger partial charge in [0.1, 0.15) is 11.2 Å². The smallest absolute Gasteiger partial charge is 0.231 e. The van der Waals surface area contributed by atoms with Gasteiger partial charge in [-0.15, -0.1) is 0 Å². The third-order valence-electron chi connectivity index (χ3n) is 11.6. The van der Waals surface area contributed by atoms with Crippen molar-refractivity contribution in [2.75, 3.05) is 0 Å². The summed E-state index contributed by atoms with van der Waals surface area (Å²) in [5, 5.41) is 3.74. The van der Waals surface area contributed by atoms with Crippen LogP contribution in [0, 0.1) is 0 Å². The van der Waals surface area contributed by atoms with E-state index in [1.165, 1.54) is 5.56 Å². The van der Waals surface area contributed by atoms with Crippen LogP contribution in [0.5, 0.6) is 0 Å². The van der Waals surface area contributed by atoms with E-state index in [1.807, 2.05) is 48.5 Å². The van der Waals surface area contributed by atoms with Crippen LogP contribution in [0.2, 0.25) is 0 Å². The van der Waals surface area contributed by atoms with Gasteiger partial charge in [-0.05, 0) is 57.6 Å². The Balaban J connectivity index is 0.957. The Hall–Kier alpha value is -8.48. The van der Waals surface area contributed by atoms with Crippen molar-refractivity contribution in [3.8, 4) is 78.7 Å². The van der Waals surface area contributed by atoms with Gasteiger partial charge in [0.25, 0.3) is 0 Å². The fourth-order valence-electron chi connectivity index (χ4n) is 8.50. The monoisotopic (exact) mass is 794 g/mol. The SMILES string of the molecule is c1ccc(-c2ccc(-c3nc(-c4cccc(-c5cccc(-c6nc(-c7ccc(-c8ccccc8)cc7)c7c(n6)oc6ccccc67)c5)c4)c4c(n3)oc3ccccc34)cc2)cc1. The molecule has 12 aromatic rings. The van der Waals surface area contributed by atoms with E-state index in [4.69, 9.17) is 28.8 Å². The average Bonchev–Trinajstić information content (AvgIpc) is 3.93. The zero-order valence-corrected chi connectivity index (χ0v) is 33.2. The van der Waals surface area contributed by atoms with E-state index in [2.05, 4.69) is 158 Å². The lowest BCUT2D eigenvalue weighted by Crippen LogP contribution is -1.95. The highest BCUT2D eigenvalue weighted by molar-refractivity contribution is 6.12. The molecule has 4 aromatic heterocycles. The molecular formula is C56H34N4O2. The maximum Gasteiger partial charge on any atom is 0.231 e. The van der Waals surface area contributed by atoms with Crippen LogP contribution in [0.15, 0.2) is 215 Å². The normalized spacial score (nSPS) is 11.5. The summed E-state index contributed by atoms with van der Waals surface area (Å²) in [6.45, 7) is 0. The van der Waals surface area contributed by atoms with Gasteiger partial charge >= 0.3 is 0 Å². The summed E-state index contributed by atoms with van der Waals surface area (Å²) in [6.07, 6.45) is 0. The second-order valence-corrected chi connectivity index (χ2v) is 15.4. The first-order chi connectivity index (χ1) is 30.7. The summed E-state index contributed by atoms with van der Waals surface area (Å²) in [5.41, 5.74) is 14.7. The van der Waals surface area contributed by atoms with Crippen molar-refractivity contribution in [3.63, 3.8) is 0 Å². The molecule has 0 atom stereocenters. The molecule has 0 bridgehead atoms. The molecule has 12 rings (SSSR count). The van der Waals surface area contributed by atoms with Gasteiger partial charge in [-0.1, -0.05) is 182 Å². The van der Waals surface area contributed by atoms with E-state index in [-0.39, 0.29) is 0 Å². The van der Waals surface area contributed by atoms with Gasteiger partial charge in [-0.25, -0.2) is 9.97 Å². The van der Waals surface area contributed by atoms with E-state index in [9.17, 15) is 0 Å². The van der Waals surface area contributed by atoms with Crippen molar-refractivity contribution in [2.45, 2.75) is 0 Å². The largest absolute Gasteiger partial charge is 0.438 e. The highest BCUT2D eigenvalue weighted by Gasteiger charge is 2.21. The second-order valence-electron chi connectivity index (χ2n) is 15.4. The van der Waals surface area contributed by atoms with Crippen LogP contribution >= 0.6 is 0 Å². The third-order valence-corrected chi connectivity index (χ3v) is 11.6. The number of benzene rings is 8. The van der Waals surface area contributed by atoms with Crippen molar-refractivity contribution in [1.82, 2.24) is 19.9 Å². The number of furan rings is 2. The molecule has 0 aliphatic heterocycles. The minimum Gasteiger partial charge on any atom is -0.438 e. The molecule has 0 saturated carbocycles. The molecule has 62 heavy (non-hydrogen) atoms. The maximum absolute atomic E-state index is 6.41. The van der Waals surface area contributed by atoms with Crippen LogP contribution in [0.25, 0.3) is 123 Å². The number of nitrogens with zero attached hydrogens (tertiary/aromatic N) is 4. The predicted octanol–water partition coefficient (Wildman–Crippen LogP) is 14.7. The fraction of sp³-hybridized carbons (Fsp3) is 0. The topological polar surface area (TPSA) is 77.8 Å². The highest BCUT2D eigenvalue weighted by Crippen LogP contribution is 2.40. The van der Waals surface area contributed by atoms with Crippen LogP contribution in [-0.2, 0) is 0 Å². The van der Waals surface area contributed by atoms with Crippen LogP contribution in [0.1, 0.15) is 0 Å². The molecule has 0 aliphatic carbocycles. The Labute approximate surface area is 356 Å². The van der Waals surface area contributed by atoms with Crippen LogP contribution in [0.3, 0.4) is 0 Å². The summed E-state index contributed by atoms with van der Waals surface area (Å²) in [7, 11) is 0. The highest BCUT2D eigenvalue weighted by atomic mass is 16.3. The van der Waals surface area contributed by atoms with Crippen molar-refractivity contribution < 1.29 is 8.83 Å². The molecule has 4 heterocycles. The quantitative estimate of drug-likeness (QED) is 0.160. The van der Waals surface area contributed by atoms with Crippen molar-refractivity contribution >= 4 is 44.1 Å². The van der Waals surface area contributed by atoms with E-state index in [0.29, 0.717) is 23.1 Å². The van der Waals surface area contributed by atoms with Crippen LogP contribution in [-0.4, -0.2) is 19.9 Å². The fourth-order valence-corrected chi connectivity index (χ4v) is 8.50. The van der Waals surface area contributed by atoms with Gasteiger partial charge in [-0.3, -0.25) is 0 Å². The Morgan fingerprint density at radius 2 is 0.629 bits per heavy atom. The van der Waals surface area contributed by atoms with Crippen LogP contribution < -0.4 is 0 Å². The Morgan fingerprint density at radius 3 is 1.18 bits per heavy atom. The predicted molar refractivity (Wildman–Crippen MR) is 250 cm³/mol. The molecule has 6 nitrogen and oxygen atoms in total. The molecule has 0 radical (unpaired) electrons. The van der Waals surface area contributed by atoms with E-state index in [1.54, 1.807) is 0 Å². The molecule has 290 valence electrons. The minimum atomic E-state index is 0.550. The molecule has 0 unspecified atom stereocenters. The van der Waals surface area contributed by atoms with E-state index in [0.717, 1.165) is 94.2 Å². The Bertz CT molecular complexity index is 3610. The molecule has 6 heteroatoms. The Kier molecular flexibility index (Phi) is 8.38. The summed E-state index contributed by atoms with van der Waals surface area (Å²) < 4.78 is 12.8. The molecule has 0 aliphatic rings. The maximum atomic E-state index is 6.41. The summed E-state index contributed by atoms with van der Waals surface area (Å²) >= 11 is 0. The van der Waals surface area contributed by atoms with Crippen molar-refractivity contribution in [2.24, 2.45) is 0 Å². The molecule has 0 fully saturated rings. The molecule has 0 amide bonds. The van der Waals surface area contributed by atoms with Gasteiger partial charge in [0, 0.05) is 33.0 Å². The van der Waals surface area contributed by atoms with E-state index < -0.39 is 0 Å². The zero-order valence-electron chi connectivity index (χ0n) is 33.2. The lowest BCUT2D eigenvalue weighted by Gasteiger charge is -2.11. The first kappa shape index (κ1) is 35.5. The number of fused-ring (bicyclic) bond motifs is 6. The van der Waals surface area contributed by atoms with Crippen LogP contribution in [0.4, 0.5) is 0 Å². The lowest BCUT2D eigenvalue weighted by molar-refractivity contribution is 0.653. The van der Waals surface area contributed by atoms with Gasteiger partial charge in [-0.2, -0.15) is 9.97 Å². The first-order valence-electron chi connectivity index (χ1n) is 20.6. The molecule has 0 saturated heterocycles. The zero-order chi connectivity index (χ0) is 41.0. The van der Waals surface area contributed by atoms with Crippen molar-refractivity contribution in [3.05, 3.63) is 206 Å². The number of rotatable bonds is 7. The number of hydrogen-bond donors (Lipinski definition) is 0. The molecule has 0 N–H and O–H groups in total. The summed E-state index contributed by atoms with van der Waals surface area (Å²) in [5.74, 6) is 1.18. The first-order valence-corrected chi connectivity index (χ1v) is 20.6. The number of para-hydroxylation sites is 2. The third kappa shape index (κ3) is 6.21. The van der Waals surface area contributed by atoms with E-state index >= 15 is 0 Å². The lowest BCUT2D eigenvalue weighted by atomic mass is 9.98. The van der Waals surface area contributed by atoms with Gasteiger partial charge in [0.05, 0.1) is 22.2 Å². The second kappa shape index (κ2) is 14.7. The average molecular weight is 795 g/mol. The molecule has 0 spiro atoms. The molecule has 8 aromatic carbocycles. The summed E-state index contributed by atoms with van der Waals surface area (Å²) in [6, 6.07) is 70.7. The van der Waals surface area contributed by atoms with Gasteiger partial charge in [0.2, 0.25) is 11.4 Å². The van der Waals surface area contributed by atoms with Gasteiger partial charge < -0.3 is 8.83 Å². The summed E-state index contributed by atoms with van der Waals surface area (Å²) in [4.78, 5) is 20.6. The number of hydrogen-bond acceptors (Lipinski definition) is 6. The standard InChI is InChI=1S/C56H34N4O2/c1-3-13-35(14-4-1)37-25-29-39(30-26-37)51-49-45-21-7-9-23-47(45)61-55(49)60-54(57-51)44-20-12-18-42(34-44)41-17-11-19-43(33-41)52-50-46-22-8-10-24-48(46)62-56(50)59-53(58-52)40-31-27-38(28-32-40)36-15-5-2-6-16-36/h1-34H. The van der Waals surface area contributed by atoms with Crippen molar-refractivity contribution in [1.29, 1.82) is 0 Å². The minimum absolute atomic E-state index is 0.550.